The van der Waals surface area contributed by atoms with Crippen LogP contribution in [0.1, 0.15) is 51.8 Å². The van der Waals surface area contributed by atoms with Crippen LogP contribution in [0.2, 0.25) is 0 Å². The fourth-order valence-corrected chi connectivity index (χ4v) is 5.59. The number of amides is 1. The first-order valence-electron chi connectivity index (χ1n) is 14.3. The predicted octanol–water partition coefficient (Wildman–Crippen LogP) is 4.38. The number of aliphatic hydroxyl groups is 1. The number of aromatic nitrogens is 4. The first kappa shape index (κ1) is 27.3. The number of fused-ring (bicyclic) bond motifs is 3. The molecular formula is C30H38N6O5. The van der Waals surface area contributed by atoms with Crippen molar-refractivity contribution in [1.82, 2.24) is 24.3 Å². The number of nitrogens with zero attached hydrogens (tertiary/aromatic N) is 6. The summed E-state index contributed by atoms with van der Waals surface area (Å²) in [6.45, 7) is 7.88. The van der Waals surface area contributed by atoms with E-state index in [9.17, 15) is 9.90 Å². The highest BCUT2D eigenvalue weighted by molar-refractivity contribution is 6.00. The number of aliphatic hydroxyl groups excluding tert-OH is 1. The molecule has 41 heavy (non-hydrogen) atoms. The molecule has 0 spiro atoms. The lowest BCUT2D eigenvalue weighted by Gasteiger charge is -2.42. The molecule has 0 bridgehead atoms. The molecule has 0 aliphatic carbocycles. The molecule has 2 aliphatic rings. The Morgan fingerprint density at radius 3 is 2.73 bits per heavy atom. The van der Waals surface area contributed by atoms with Crippen molar-refractivity contribution in [2.45, 2.75) is 64.5 Å². The fraction of sp³-hybridized carbons (Fsp3) is 0.500. The molecule has 218 valence electrons. The predicted molar refractivity (Wildman–Crippen MR) is 154 cm³/mol. The number of benzene rings is 1. The maximum Gasteiger partial charge on any atom is 0.410 e. The minimum atomic E-state index is -0.615. The van der Waals surface area contributed by atoms with Crippen molar-refractivity contribution in [3.8, 4) is 5.75 Å². The van der Waals surface area contributed by atoms with Crippen LogP contribution in [0, 0.1) is 0 Å². The van der Waals surface area contributed by atoms with Crippen LogP contribution in [0.15, 0.2) is 48.8 Å². The van der Waals surface area contributed by atoms with E-state index in [1.807, 2.05) is 78.8 Å². The van der Waals surface area contributed by atoms with Gasteiger partial charge in [0.2, 0.25) is 0 Å². The van der Waals surface area contributed by atoms with Crippen LogP contribution >= 0.6 is 0 Å². The molecule has 1 amide bonds. The minimum Gasteiger partial charge on any atom is -0.487 e. The number of pyridine rings is 1. The van der Waals surface area contributed by atoms with E-state index in [0.717, 1.165) is 47.1 Å². The Morgan fingerprint density at radius 1 is 1.17 bits per heavy atom. The van der Waals surface area contributed by atoms with Gasteiger partial charge in [0.15, 0.2) is 11.9 Å². The van der Waals surface area contributed by atoms with Crippen molar-refractivity contribution in [3.63, 3.8) is 0 Å². The lowest BCUT2D eigenvalue weighted by molar-refractivity contribution is -0.0370. The molecule has 1 N–H and O–H groups in total. The summed E-state index contributed by atoms with van der Waals surface area (Å²) in [5.74, 6) is 0.671. The smallest absolute Gasteiger partial charge is 0.410 e. The summed E-state index contributed by atoms with van der Waals surface area (Å²) in [7, 11) is 0. The summed E-state index contributed by atoms with van der Waals surface area (Å²) in [5, 5.41) is 20.8. The second kappa shape index (κ2) is 11.2. The van der Waals surface area contributed by atoms with Gasteiger partial charge < -0.3 is 24.2 Å². The average molecular weight is 563 g/mol. The number of hydrogen-bond acceptors (Lipinski definition) is 8. The Bertz CT molecular complexity index is 1500. The van der Waals surface area contributed by atoms with Gasteiger partial charge in [0.1, 0.15) is 23.5 Å². The number of piperazine rings is 1. The van der Waals surface area contributed by atoms with Gasteiger partial charge in [0.25, 0.3) is 0 Å². The Morgan fingerprint density at radius 2 is 2.00 bits per heavy atom. The third-order valence-electron chi connectivity index (χ3n) is 7.57. The highest BCUT2D eigenvalue weighted by Crippen LogP contribution is 2.36. The van der Waals surface area contributed by atoms with E-state index in [1.165, 1.54) is 0 Å². The molecule has 1 aromatic carbocycles. The van der Waals surface area contributed by atoms with E-state index in [2.05, 4.69) is 10.00 Å². The number of carbonyl (C=O) groups is 1. The summed E-state index contributed by atoms with van der Waals surface area (Å²) >= 11 is 0. The topological polar surface area (TPSA) is 107 Å². The highest BCUT2D eigenvalue weighted by Gasteiger charge is 2.34. The molecule has 6 rings (SSSR count). The van der Waals surface area contributed by atoms with Crippen molar-refractivity contribution in [2.24, 2.45) is 0 Å². The Kier molecular flexibility index (Phi) is 7.48. The summed E-state index contributed by atoms with van der Waals surface area (Å²) in [6.07, 6.45) is 6.24. The van der Waals surface area contributed by atoms with Crippen LogP contribution in [-0.2, 0) is 16.1 Å². The maximum absolute atomic E-state index is 12.9. The summed E-state index contributed by atoms with van der Waals surface area (Å²) in [4.78, 5) is 16.7. The number of anilines is 1. The standard InChI is InChI=1S/C30H38N6O5/c1-30(2,3)41-29(38)34-13-12-33(17-22(34)19-37)25-15-23(40-20-21-9-5-4-6-10-21)18-35-27(25)24-16-31-36(28(24)32-35)26-11-7-8-14-39-26/h4-6,9-10,15-16,18,22,26,37H,7-8,11-14,17,19-20H2,1-3H3. The zero-order valence-corrected chi connectivity index (χ0v) is 23.9. The monoisotopic (exact) mass is 562 g/mol. The van der Waals surface area contributed by atoms with E-state index in [0.29, 0.717) is 38.6 Å². The van der Waals surface area contributed by atoms with Crippen molar-refractivity contribution in [1.29, 1.82) is 0 Å². The number of rotatable bonds is 6. The van der Waals surface area contributed by atoms with Crippen LogP contribution in [-0.4, -0.2) is 80.0 Å². The number of ether oxygens (including phenoxy) is 3. The molecule has 4 aromatic rings. The molecular weight excluding hydrogens is 524 g/mol. The molecule has 2 atom stereocenters. The van der Waals surface area contributed by atoms with E-state index in [1.54, 1.807) is 4.90 Å². The van der Waals surface area contributed by atoms with Gasteiger partial charge in [0.05, 0.1) is 36.1 Å². The van der Waals surface area contributed by atoms with Gasteiger partial charge in [-0.05, 0) is 45.6 Å². The first-order chi connectivity index (χ1) is 19.8. The largest absolute Gasteiger partial charge is 0.487 e. The second-order valence-corrected chi connectivity index (χ2v) is 11.7. The number of carbonyl (C=O) groups excluding carboxylic acids is 1. The molecule has 3 aromatic heterocycles. The second-order valence-electron chi connectivity index (χ2n) is 11.7. The molecule has 2 fully saturated rings. The molecule has 2 saturated heterocycles. The van der Waals surface area contributed by atoms with Gasteiger partial charge in [-0.2, -0.15) is 5.10 Å². The van der Waals surface area contributed by atoms with Crippen LogP contribution in [0.3, 0.4) is 0 Å². The zero-order valence-electron chi connectivity index (χ0n) is 23.9. The minimum absolute atomic E-state index is 0.139. The summed E-state index contributed by atoms with van der Waals surface area (Å²) in [5.41, 5.74) is 3.01. The molecule has 11 nitrogen and oxygen atoms in total. The average Bonchev–Trinajstić information content (AvgIpc) is 3.54. The fourth-order valence-electron chi connectivity index (χ4n) is 5.59. The van der Waals surface area contributed by atoms with Crippen LogP contribution in [0.5, 0.6) is 5.75 Å². The van der Waals surface area contributed by atoms with Gasteiger partial charge in [-0.1, -0.05) is 30.3 Å². The van der Waals surface area contributed by atoms with Gasteiger partial charge in [-0.15, -0.1) is 5.10 Å². The van der Waals surface area contributed by atoms with E-state index in [4.69, 9.17) is 19.3 Å². The molecule has 5 heterocycles. The lowest BCUT2D eigenvalue weighted by atomic mass is 10.1. The molecule has 2 aliphatic heterocycles. The third-order valence-corrected chi connectivity index (χ3v) is 7.57. The first-order valence-corrected chi connectivity index (χ1v) is 14.3. The normalized spacial score (nSPS) is 20.1. The third kappa shape index (κ3) is 5.69. The van der Waals surface area contributed by atoms with E-state index in [-0.39, 0.29) is 12.8 Å². The van der Waals surface area contributed by atoms with Crippen LogP contribution < -0.4 is 9.64 Å². The Hall–Kier alpha value is -3.83. The van der Waals surface area contributed by atoms with Gasteiger partial charge in [-0.25, -0.2) is 14.0 Å². The maximum atomic E-state index is 12.9. The van der Waals surface area contributed by atoms with Crippen LogP contribution in [0.25, 0.3) is 16.6 Å². The SMILES string of the molecule is CC(C)(C)OC(=O)N1CCN(c2cc(OCc3ccccc3)cn3nc4c(cnn4C4CCCCO4)c23)CC1CO. The molecule has 2 unspecified atom stereocenters. The Balaban J connectivity index is 1.36. The van der Waals surface area contributed by atoms with Crippen molar-refractivity contribution in [2.75, 3.05) is 37.7 Å². The van der Waals surface area contributed by atoms with Crippen molar-refractivity contribution in [3.05, 3.63) is 54.4 Å². The Labute approximate surface area is 239 Å². The van der Waals surface area contributed by atoms with Gasteiger partial charge >= 0.3 is 6.09 Å². The van der Waals surface area contributed by atoms with E-state index >= 15 is 0 Å². The molecule has 0 radical (unpaired) electrons. The summed E-state index contributed by atoms with van der Waals surface area (Å²) in [6, 6.07) is 11.6. The molecule has 11 heteroatoms. The van der Waals surface area contributed by atoms with Crippen molar-refractivity contribution < 1.29 is 24.1 Å². The van der Waals surface area contributed by atoms with Gasteiger partial charge in [-0.3, -0.25) is 4.90 Å². The van der Waals surface area contributed by atoms with E-state index < -0.39 is 17.7 Å². The zero-order chi connectivity index (χ0) is 28.6. The van der Waals surface area contributed by atoms with Crippen molar-refractivity contribution >= 4 is 28.3 Å². The van der Waals surface area contributed by atoms with Gasteiger partial charge in [0, 0.05) is 32.3 Å². The molecule has 0 saturated carbocycles. The van der Waals surface area contributed by atoms with Crippen LogP contribution in [0.4, 0.5) is 10.5 Å². The summed E-state index contributed by atoms with van der Waals surface area (Å²) < 4.78 is 21.6. The lowest BCUT2D eigenvalue weighted by Crippen LogP contribution is -2.57. The number of hydrogen-bond donors (Lipinski definition) is 1. The quantitative estimate of drug-likeness (QED) is 0.369. The highest BCUT2D eigenvalue weighted by atomic mass is 16.6.